The van der Waals surface area contributed by atoms with Gasteiger partial charge in [-0.3, -0.25) is 9.79 Å². The molecule has 1 saturated heterocycles. The quantitative estimate of drug-likeness (QED) is 0.314. The van der Waals surface area contributed by atoms with Gasteiger partial charge in [0.1, 0.15) is 11.6 Å². The van der Waals surface area contributed by atoms with E-state index < -0.39 is 11.6 Å². The molecule has 26 heavy (non-hydrogen) atoms. The highest BCUT2D eigenvalue weighted by Crippen LogP contribution is 2.43. The van der Waals surface area contributed by atoms with E-state index in [0.717, 1.165) is 0 Å². The summed E-state index contributed by atoms with van der Waals surface area (Å²) < 4.78 is 32.7. The smallest absolute Gasteiger partial charge is 0.310 e. The molecule has 2 fully saturated rings. The molecule has 0 aromatic heterocycles. The molecule has 1 heterocycles. The number of ether oxygens (including phenoxy) is 1. The van der Waals surface area contributed by atoms with Gasteiger partial charge in [0, 0.05) is 37.7 Å². The number of esters is 1. The number of carbonyl (C=O) groups excluding carboxylic acids is 1. The molecule has 144 valence electrons. The van der Waals surface area contributed by atoms with Gasteiger partial charge in [-0.15, -0.1) is 24.0 Å². The Balaban J connectivity index is 0.00000243. The molecule has 3 rings (SSSR count). The van der Waals surface area contributed by atoms with Crippen LogP contribution < -0.4 is 5.32 Å². The summed E-state index contributed by atoms with van der Waals surface area (Å²) in [5, 5.41) is 3.27. The predicted molar refractivity (Wildman–Crippen MR) is 106 cm³/mol. The van der Waals surface area contributed by atoms with Crippen molar-refractivity contribution in [2.45, 2.75) is 25.3 Å². The number of benzene rings is 1. The first-order valence-corrected chi connectivity index (χ1v) is 8.46. The number of hydrogen-bond acceptors (Lipinski definition) is 3. The minimum Gasteiger partial charge on any atom is -0.469 e. The maximum atomic E-state index is 13.9. The van der Waals surface area contributed by atoms with Crippen molar-refractivity contribution in [1.82, 2.24) is 10.2 Å². The first-order valence-electron chi connectivity index (χ1n) is 8.46. The third-order valence-corrected chi connectivity index (χ3v) is 5.10. The molecule has 1 aromatic rings. The van der Waals surface area contributed by atoms with Crippen molar-refractivity contribution in [2.24, 2.45) is 16.8 Å². The zero-order valence-corrected chi connectivity index (χ0v) is 17.4. The number of rotatable bonds is 3. The fraction of sp³-hybridized carbons (Fsp3) is 0.556. The van der Waals surface area contributed by atoms with Gasteiger partial charge in [-0.25, -0.2) is 8.78 Å². The van der Waals surface area contributed by atoms with Crippen LogP contribution in [0.15, 0.2) is 23.2 Å². The fourth-order valence-corrected chi connectivity index (χ4v) is 3.60. The lowest BCUT2D eigenvalue weighted by molar-refractivity contribution is -0.145. The van der Waals surface area contributed by atoms with Crippen molar-refractivity contribution in [3.05, 3.63) is 35.4 Å². The Kier molecular flexibility index (Phi) is 6.81. The molecule has 1 aromatic carbocycles. The molecule has 0 spiro atoms. The lowest BCUT2D eigenvalue weighted by Gasteiger charge is -2.21. The molecule has 5 nitrogen and oxygen atoms in total. The van der Waals surface area contributed by atoms with Crippen LogP contribution in [0.5, 0.6) is 0 Å². The van der Waals surface area contributed by atoms with E-state index in [1.165, 1.54) is 25.3 Å². The second-order valence-corrected chi connectivity index (χ2v) is 6.79. The predicted octanol–water partition coefficient (Wildman–Crippen LogP) is 2.76. The highest BCUT2D eigenvalue weighted by molar-refractivity contribution is 14.0. The number of methoxy groups -OCH3 is 1. The summed E-state index contributed by atoms with van der Waals surface area (Å²) >= 11 is 0. The summed E-state index contributed by atoms with van der Waals surface area (Å²) in [6.07, 6.45) is 0.653. The van der Waals surface area contributed by atoms with Gasteiger partial charge >= 0.3 is 5.97 Å². The number of carbonyl (C=O) groups is 1. The summed E-state index contributed by atoms with van der Waals surface area (Å²) in [5.41, 5.74) is 0.137. The minimum atomic E-state index is -0.509. The van der Waals surface area contributed by atoms with E-state index in [1.807, 2.05) is 11.8 Å². The van der Waals surface area contributed by atoms with Crippen molar-refractivity contribution in [3.63, 3.8) is 0 Å². The number of guanidine groups is 1. The molecule has 4 unspecified atom stereocenters. The molecule has 2 aliphatic rings. The normalized spacial score (nSPS) is 27.7. The molecule has 0 bridgehead atoms. The lowest BCUT2D eigenvalue weighted by atomic mass is 9.99. The van der Waals surface area contributed by atoms with Crippen LogP contribution >= 0.6 is 24.0 Å². The highest BCUT2D eigenvalue weighted by Gasteiger charge is 2.44. The Morgan fingerprint density at radius 2 is 1.96 bits per heavy atom. The van der Waals surface area contributed by atoms with Gasteiger partial charge in [0.2, 0.25) is 0 Å². The zero-order chi connectivity index (χ0) is 18.1. The zero-order valence-electron chi connectivity index (χ0n) is 15.0. The summed E-state index contributed by atoms with van der Waals surface area (Å²) in [4.78, 5) is 18.1. The van der Waals surface area contributed by atoms with Crippen LogP contribution in [0.2, 0.25) is 0 Å². The standard InChI is InChI=1S/C18H23F2N3O2.HI/c1-10-8-23(9-12(10)17(24)25-3)18(21-2)22-15-7-11(15)16-13(19)5-4-6-14(16)20;/h4-6,10-12,15H,7-9H2,1-3H3,(H,21,22);1H. The van der Waals surface area contributed by atoms with Crippen molar-refractivity contribution < 1.29 is 18.3 Å². The number of likely N-dealkylation sites (tertiary alicyclic amines) is 1. The van der Waals surface area contributed by atoms with Crippen LogP contribution in [0, 0.1) is 23.5 Å². The molecule has 1 N–H and O–H groups in total. The van der Waals surface area contributed by atoms with Crippen LogP contribution in [-0.2, 0) is 9.53 Å². The molecule has 1 aliphatic carbocycles. The number of halogens is 3. The number of nitrogens with one attached hydrogen (secondary N) is 1. The number of nitrogens with zero attached hydrogens (tertiary/aromatic N) is 2. The van der Waals surface area contributed by atoms with Gasteiger partial charge in [0.25, 0.3) is 0 Å². The van der Waals surface area contributed by atoms with Gasteiger partial charge in [-0.1, -0.05) is 13.0 Å². The van der Waals surface area contributed by atoms with E-state index in [9.17, 15) is 13.6 Å². The molecule has 1 aliphatic heterocycles. The Bertz CT molecular complexity index is 681. The van der Waals surface area contributed by atoms with Crippen molar-refractivity contribution in [1.29, 1.82) is 0 Å². The van der Waals surface area contributed by atoms with Gasteiger partial charge < -0.3 is 15.0 Å². The fourth-order valence-electron chi connectivity index (χ4n) is 3.60. The largest absolute Gasteiger partial charge is 0.469 e. The molecular weight excluding hydrogens is 455 g/mol. The Morgan fingerprint density at radius 3 is 2.54 bits per heavy atom. The minimum absolute atomic E-state index is 0. The van der Waals surface area contributed by atoms with E-state index in [2.05, 4.69) is 10.3 Å². The molecule has 4 atom stereocenters. The lowest BCUT2D eigenvalue weighted by Crippen LogP contribution is -2.42. The average molecular weight is 479 g/mol. The molecule has 0 amide bonds. The van der Waals surface area contributed by atoms with Crippen LogP contribution in [0.4, 0.5) is 8.78 Å². The third kappa shape index (κ3) is 4.10. The van der Waals surface area contributed by atoms with Crippen molar-refractivity contribution >= 4 is 35.9 Å². The van der Waals surface area contributed by atoms with Gasteiger partial charge in [0.05, 0.1) is 13.0 Å². The first kappa shape index (κ1) is 20.9. The first-order chi connectivity index (χ1) is 12.0. The van der Waals surface area contributed by atoms with Crippen molar-refractivity contribution in [3.8, 4) is 0 Å². The summed E-state index contributed by atoms with van der Waals surface area (Å²) in [6.45, 7) is 3.22. The molecule has 0 radical (unpaired) electrons. The van der Waals surface area contributed by atoms with Gasteiger partial charge in [-0.2, -0.15) is 0 Å². The van der Waals surface area contributed by atoms with E-state index in [-0.39, 0.29) is 59.3 Å². The van der Waals surface area contributed by atoms with Gasteiger partial charge in [-0.05, 0) is 24.5 Å². The molecule has 1 saturated carbocycles. The number of aliphatic imine (C=N–C) groups is 1. The number of hydrogen-bond donors (Lipinski definition) is 1. The van der Waals surface area contributed by atoms with E-state index in [4.69, 9.17) is 4.74 Å². The van der Waals surface area contributed by atoms with Crippen LogP contribution in [-0.4, -0.2) is 50.1 Å². The molecular formula is C18H24F2IN3O2. The van der Waals surface area contributed by atoms with Crippen LogP contribution in [0.1, 0.15) is 24.8 Å². The average Bonchev–Trinajstić information content (AvgIpc) is 3.23. The van der Waals surface area contributed by atoms with E-state index in [0.29, 0.717) is 25.5 Å². The topological polar surface area (TPSA) is 53.9 Å². The Morgan fingerprint density at radius 1 is 1.31 bits per heavy atom. The third-order valence-electron chi connectivity index (χ3n) is 5.10. The van der Waals surface area contributed by atoms with Crippen molar-refractivity contribution in [2.75, 3.05) is 27.2 Å². The maximum Gasteiger partial charge on any atom is 0.310 e. The highest BCUT2D eigenvalue weighted by atomic mass is 127. The maximum absolute atomic E-state index is 13.9. The van der Waals surface area contributed by atoms with Crippen LogP contribution in [0.3, 0.4) is 0 Å². The monoisotopic (exact) mass is 479 g/mol. The van der Waals surface area contributed by atoms with Crippen LogP contribution in [0.25, 0.3) is 0 Å². The summed E-state index contributed by atoms with van der Waals surface area (Å²) in [7, 11) is 3.06. The summed E-state index contributed by atoms with van der Waals surface area (Å²) in [5.74, 6) is -0.817. The second kappa shape index (κ2) is 8.49. The second-order valence-electron chi connectivity index (χ2n) is 6.79. The van der Waals surface area contributed by atoms with Gasteiger partial charge in [0.15, 0.2) is 5.96 Å². The Labute approximate surface area is 169 Å². The summed E-state index contributed by atoms with van der Waals surface area (Å²) in [6, 6.07) is 3.88. The molecule has 8 heteroatoms. The SMILES string of the molecule is CN=C(NC1CC1c1c(F)cccc1F)N1CC(C)C(C(=O)OC)C1.I. The van der Waals surface area contributed by atoms with E-state index in [1.54, 1.807) is 7.05 Å². The Hall–Kier alpha value is -1.45. The van der Waals surface area contributed by atoms with E-state index >= 15 is 0 Å².